The number of carbonyl (C=O) groups is 1. The summed E-state index contributed by atoms with van der Waals surface area (Å²) in [5, 5.41) is 2.29. The summed E-state index contributed by atoms with van der Waals surface area (Å²) in [6, 6.07) is 17.0. The quantitative estimate of drug-likeness (QED) is 0.658. The van der Waals surface area contributed by atoms with Crippen LogP contribution in [0.1, 0.15) is 5.56 Å². The van der Waals surface area contributed by atoms with E-state index in [1.807, 2.05) is 6.92 Å². The van der Waals surface area contributed by atoms with Crippen LogP contribution in [0, 0.1) is 18.6 Å². The predicted octanol–water partition coefficient (Wildman–Crippen LogP) is 4.11. The first-order valence-electron chi connectivity index (χ1n) is 8.67. The van der Waals surface area contributed by atoms with Crippen molar-refractivity contribution in [3.63, 3.8) is 0 Å². The molecule has 0 spiro atoms. The van der Waals surface area contributed by atoms with Crippen LogP contribution in [0.15, 0.2) is 77.7 Å². The zero-order chi connectivity index (χ0) is 21.0. The number of benzene rings is 3. The first-order valence-corrected chi connectivity index (χ1v) is 10.1. The lowest BCUT2D eigenvalue weighted by atomic mass is 10.2. The Morgan fingerprint density at radius 1 is 0.966 bits per heavy atom. The Kier molecular flexibility index (Phi) is 5.93. The third-order valence-corrected chi connectivity index (χ3v) is 5.93. The van der Waals surface area contributed by atoms with Crippen LogP contribution < -0.4 is 9.62 Å². The number of amides is 1. The monoisotopic (exact) mass is 416 g/mol. The fourth-order valence-electron chi connectivity index (χ4n) is 2.66. The smallest absolute Gasteiger partial charge is 0.264 e. The van der Waals surface area contributed by atoms with Gasteiger partial charge in [-0.15, -0.1) is 0 Å². The summed E-state index contributed by atoms with van der Waals surface area (Å²) in [6.45, 7) is 1.26. The van der Waals surface area contributed by atoms with Crippen LogP contribution in [0.3, 0.4) is 0 Å². The Labute approximate surface area is 167 Å². The number of anilines is 2. The Morgan fingerprint density at radius 2 is 1.62 bits per heavy atom. The van der Waals surface area contributed by atoms with Gasteiger partial charge in [0.1, 0.15) is 18.2 Å². The van der Waals surface area contributed by atoms with Gasteiger partial charge >= 0.3 is 0 Å². The van der Waals surface area contributed by atoms with Crippen LogP contribution in [-0.4, -0.2) is 20.9 Å². The van der Waals surface area contributed by atoms with Crippen molar-refractivity contribution in [2.45, 2.75) is 11.8 Å². The highest BCUT2D eigenvalue weighted by Gasteiger charge is 2.27. The largest absolute Gasteiger partial charge is 0.322 e. The van der Waals surface area contributed by atoms with E-state index < -0.39 is 34.1 Å². The van der Waals surface area contributed by atoms with Crippen LogP contribution >= 0.6 is 0 Å². The molecule has 0 saturated heterocycles. The molecule has 8 heteroatoms. The maximum absolute atomic E-state index is 13.8. The second-order valence-electron chi connectivity index (χ2n) is 6.33. The molecule has 0 aromatic heterocycles. The van der Waals surface area contributed by atoms with E-state index >= 15 is 0 Å². The Hall–Kier alpha value is -3.26. The summed E-state index contributed by atoms with van der Waals surface area (Å²) in [6.07, 6.45) is 0. The molecule has 0 aliphatic heterocycles. The minimum Gasteiger partial charge on any atom is -0.322 e. The molecule has 0 atom stereocenters. The summed E-state index contributed by atoms with van der Waals surface area (Å²) in [7, 11) is -4.05. The average molecular weight is 416 g/mol. The molecule has 150 valence electrons. The fraction of sp³-hybridized carbons (Fsp3) is 0.0952. The summed E-state index contributed by atoms with van der Waals surface area (Å²) >= 11 is 0. The number of aryl methyl sites for hydroxylation is 1. The second kappa shape index (κ2) is 8.40. The lowest BCUT2D eigenvalue weighted by molar-refractivity contribution is -0.114. The number of sulfonamides is 1. The van der Waals surface area contributed by atoms with Crippen molar-refractivity contribution in [2.24, 2.45) is 0 Å². The molecule has 0 bridgehead atoms. The lowest BCUT2D eigenvalue weighted by Crippen LogP contribution is -2.38. The molecule has 1 amide bonds. The predicted molar refractivity (Wildman–Crippen MR) is 107 cm³/mol. The third kappa shape index (κ3) is 4.78. The molecule has 3 aromatic rings. The van der Waals surface area contributed by atoms with Crippen LogP contribution in [0.5, 0.6) is 0 Å². The van der Waals surface area contributed by atoms with Gasteiger partial charge in [-0.05, 0) is 43.3 Å². The average Bonchev–Trinajstić information content (AvgIpc) is 2.70. The molecule has 0 unspecified atom stereocenters. The summed E-state index contributed by atoms with van der Waals surface area (Å²) in [4.78, 5) is 12.5. The zero-order valence-corrected chi connectivity index (χ0v) is 16.3. The van der Waals surface area contributed by atoms with Gasteiger partial charge < -0.3 is 5.32 Å². The third-order valence-electron chi connectivity index (χ3n) is 4.15. The van der Waals surface area contributed by atoms with Crippen LogP contribution in [0.4, 0.5) is 20.2 Å². The Morgan fingerprint density at radius 3 is 2.24 bits per heavy atom. The summed E-state index contributed by atoms with van der Waals surface area (Å²) in [5.41, 5.74) is 0.968. The van der Waals surface area contributed by atoms with Crippen LogP contribution in [-0.2, 0) is 14.8 Å². The van der Waals surface area contributed by atoms with E-state index in [9.17, 15) is 22.0 Å². The maximum Gasteiger partial charge on any atom is 0.264 e. The van der Waals surface area contributed by atoms with E-state index in [2.05, 4.69) is 5.32 Å². The fourth-order valence-corrected chi connectivity index (χ4v) is 4.10. The van der Waals surface area contributed by atoms with Crippen molar-refractivity contribution in [1.29, 1.82) is 0 Å². The molecule has 5 nitrogen and oxygen atoms in total. The van der Waals surface area contributed by atoms with Gasteiger partial charge in [-0.3, -0.25) is 9.10 Å². The van der Waals surface area contributed by atoms with Crippen molar-refractivity contribution < 1.29 is 22.0 Å². The van der Waals surface area contributed by atoms with Gasteiger partial charge in [-0.2, -0.15) is 0 Å². The SMILES string of the molecule is Cc1ccc(N(CC(=O)Nc2ccc(F)cc2F)S(=O)(=O)c2ccccc2)cc1. The van der Waals surface area contributed by atoms with E-state index in [0.29, 0.717) is 6.07 Å². The maximum atomic E-state index is 13.8. The number of nitrogens with zero attached hydrogens (tertiary/aromatic N) is 1. The number of hydrogen-bond donors (Lipinski definition) is 1. The van der Waals surface area contributed by atoms with Gasteiger partial charge in [0.15, 0.2) is 0 Å². The number of nitrogens with one attached hydrogen (secondary N) is 1. The highest BCUT2D eigenvalue weighted by Crippen LogP contribution is 2.24. The van der Waals surface area contributed by atoms with Crippen molar-refractivity contribution >= 4 is 27.3 Å². The normalized spacial score (nSPS) is 11.1. The molecule has 0 heterocycles. The Balaban J connectivity index is 1.93. The highest BCUT2D eigenvalue weighted by molar-refractivity contribution is 7.92. The molecule has 3 rings (SSSR count). The first-order chi connectivity index (χ1) is 13.8. The highest BCUT2D eigenvalue weighted by atomic mass is 32.2. The minimum absolute atomic E-state index is 0.0151. The van der Waals surface area contributed by atoms with Gasteiger partial charge in [0, 0.05) is 6.07 Å². The number of hydrogen-bond acceptors (Lipinski definition) is 3. The van der Waals surface area contributed by atoms with E-state index in [1.54, 1.807) is 42.5 Å². The van der Waals surface area contributed by atoms with E-state index in [1.165, 1.54) is 12.1 Å². The molecule has 0 fully saturated rings. The molecule has 0 aliphatic carbocycles. The number of halogens is 2. The van der Waals surface area contributed by atoms with Gasteiger partial charge in [0.25, 0.3) is 10.0 Å². The topological polar surface area (TPSA) is 66.5 Å². The lowest BCUT2D eigenvalue weighted by Gasteiger charge is -2.24. The standard InChI is InChI=1S/C21H18F2N2O3S/c1-15-7-10-17(11-8-15)25(29(27,28)18-5-3-2-4-6-18)14-21(26)24-20-12-9-16(22)13-19(20)23/h2-13H,14H2,1H3,(H,24,26). The molecular formula is C21H18F2N2O3S. The van der Waals surface area contributed by atoms with E-state index in [-0.39, 0.29) is 16.3 Å². The molecule has 1 N–H and O–H groups in total. The van der Waals surface area contributed by atoms with Crippen LogP contribution in [0.2, 0.25) is 0 Å². The van der Waals surface area contributed by atoms with Gasteiger partial charge in [-0.1, -0.05) is 35.9 Å². The van der Waals surface area contributed by atoms with Gasteiger partial charge in [0.2, 0.25) is 5.91 Å². The van der Waals surface area contributed by atoms with Crippen molar-refractivity contribution in [2.75, 3.05) is 16.2 Å². The molecule has 0 saturated carbocycles. The zero-order valence-electron chi connectivity index (χ0n) is 15.5. The van der Waals surface area contributed by atoms with E-state index in [4.69, 9.17) is 0 Å². The first kappa shape index (κ1) is 20.5. The number of carbonyl (C=O) groups excluding carboxylic acids is 1. The second-order valence-corrected chi connectivity index (χ2v) is 8.19. The van der Waals surface area contributed by atoms with Gasteiger partial charge in [0.05, 0.1) is 16.3 Å². The number of rotatable bonds is 6. The van der Waals surface area contributed by atoms with Crippen molar-refractivity contribution in [3.05, 3.63) is 90.0 Å². The van der Waals surface area contributed by atoms with Crippen LogP contribution in [0.25, 0.3) is 0 Å². The van der Waals surface area contributed by atoms with E-state index in [0.717, 1.165) is 22.0 Å². The summed E-state index contributed by atoms with van der Waals surface area (Å²) in [5.74, 6) is -2.50. The molecular weight excluding hydrogens is 398 g/mol. The molecule has 0 aliphatic rings. The summed E-state index contributed by atoms with van der Waals surface area (Å²) < 4.78 is 54.1. The molecule has 3 aromatic carbocycles. The Bertz CT molecular complexity index is 1120. The molecule has 29 heavy (non-hydrogen) atoms. The van der Waals surface area contributed by atoms with Crippen molar-refractivity contribution in [1.82, 2.24) is 0 Å². The molecule has 0 radical (unpaired) electrons. The van der Waals surface area contributed by atoms with Gasteiger partial charge in [-0.25, -0.2) is 17.2 Å². The minimum atomic E-state index is -4.05. The van der Waals surface area contributed by atoms with Crippen molar-refractivity contribution in [3.8, 4) is 0 Å².